The lowest BCUT2D eigenvalue weighted by Crippen LogP contribution is -2.33. The number of hydrogen-bond acceptors (Lipinski definition) is 8. The highest BCUT2D eigenvalue weighted by atomic mass is 32.2. The van der Waals surface area contributed by atoms with Crippen LogP contribution in [0, 0.1) is 27.7 Å². The van der Waals surface area contributed by atoms with Gasteiger partial charge in [-0.25, -0.2) is 17.9 Å². The monoisotopic (exact) mass is 701 g/mol. The van der Waals surface area contributed by atoms with E-state index in [9.17, 15) is 18.0 Å². The second kappa shape index (κ2) is 12.6. The molecule has 0 aliphatic carbocycles. The third-order valence-corrected chi connectivity index (χ3v) is 11.2. The Morgan fingerprint density at radius 3 is 2.20 bits per heavy atom. The van der Waals surface area contributed by atoms with Crippen LogP contribution in [-0.2, 0) is 20.4 Å². The molecule has 2 heterocycles. The summed E-state index contributed by atoms with van der Waals surface area (Å²) < 4.78 is 41.5. The van der Waals surface area contributed by atoms with Crippen molar-refractivity contribution in [3.63, 3.8) is 0 Å². The molecule has 1 unspecified atom stereocenters. The van der Waals surface area contributed by atoms with Crippen LogP contribution in [0.2, 0.25) is 0 Å². The van der Waals surface area contributed by atoms with Crippen LogP contribution in [0.25, 0.3) is 0 Å². The number of amides is 1. The first-order valence-electron chi connectivity index (χ1n) is 16.9. The number of sulfonamides is 1. The third-order valence-electron chi connectivity index (χ3n) is 9.90. The summed E-state index contributed by atoms with van der Waals surface area (Å²) >= 11 is 0. The number of fused-ring (bicyclic) bond motifs is 6. The van der Waals surface area contributed by atoms with Gasteiger partial charge in [0.15, 0.2) is 5.60 Å². The van der Waals surface area contributed by atoms with Gasteiger partial charge in [-0.05, 0) is 107 Å². The third kappa shape index (κ3) is 5.60. The van der Waals surface area contributed by atoms with Crippen LogP contribution in [0.15, 0.2) is 95.9 Å². The molecule has 0 fully saturated rings. The summed E-state index contributed by atoms with van der Waals surface area (Å²) in [6.45, 7) is 13.2. The van der Waals surface area contributed by atoms with Crippen LogP contribution >= 0.6 is 0 Å². The topological polar surface area (TPSA) is 114 Å². The molecule has 0 radical (unpaired) electrons. The Bertz CT molecular complexity index is 2350. The van der Waals surface area contributed by atoms with Gasteiger partial charge in [0.05, 0.1) is 10.5 Å². The summed E-state index contributed by atoms with van der Waals surface area (Å²) in [7, 11) is -4.10. The fourth-order valence-corrected chi connectivity index (χ4v) is 8.11. The van der Waals surface area contributed by atoms with E-state index in [-0.39, 0.29) is 10.5 Å². The van der Waals surface area contributed by atoms with Gasteiger partial charge in [-0.15, -0.1) is 0 Å². The normalized spacial score (nSPS) is 15.7. The largest absolute Gasteiger partial charge is 0.456 e. The van der Waals surface area contributed by atoms with Crippen molar-refractivity contribution >= 4 is 39.0 Å². The summed E-state index contributed by atoms with van der Waals surface area (Å²) in [5.74, 6) is 0.0349. The van der Waals surface area contributed by atoms with Gasteiger partial charge in [0.25, 0.3) is 15.9 Å². The van der Waals surface area contributed by atoms with Crippen LogP contribution < -0.4 is 19.7 Å². The molecule has 1 atom stereocenters. The van der Waals surface area contributed by atoms with E-state index in [0.29, 0.717) is 45.1 Å². The average Bonchev–Trinajstić information content (AvgIpc) is 3.39. The number of anilines is 3. The van der Waals surface area contributed by atoms with Crippen LogP contribution in [0.4, 0.5) is 17.1 Å². The summed E-state index contributed by atoms with van der Waals surface area (Å²) in [6, 6.07) is 27.2. The first kappa shape index (κ1) is 33.9. The zero-order valence-electron chi connectivity index (χ0n) is 29.4. The summed E-state index contributed by atoms with van der Waals surface area (Å²) in [6.07, 6.45) is 0. The molecule has 1 spiro atoms. The number of ether oxygens (including phenoxy) is 2. The van der Waals surface area contributed by atoms with E-state index in [4.69, 9.17) is 9.47 Å². The van der Waals surface area contributed by atoms with Crippen molar-refractivity contribution < 1.29 is 27.5 Å². The summed E-state index contributed by atoms with van der Waals surface area (Å²) in [5.41, 5.74) is 6.85. The Hall–Kier alpha value is -5.61. The summed E-state index contributed by atoms with van der Waals surface area (Å²) in [5, 5.41) is 3.49. The second-order valence-electron chi connectivity index (χ2n) is 13.0. The molecule has 2 aliphatic heterocycles. The second-order valence-corrected chi connectivity index (χ2v) is 14.7. The molecule has 5 aromatic carbocycles. The minimum atomic E-state index is -4.10. The molecule has 0 aromatic heterocycles. The summed E-state index contributed by atoms with van der Waals surface area (Å²) in [4.78, 5) is 29.3. The van der Waals surface area contributed by atoms with Gasteiger partial charge in [0.2, 0.25) is 0 Å². The van der Waals surface area contributed by atoms with E-state index in [0.717, 1.165) is 41.0 Å². The lowest BCUT2D eigenvalue weighted by molar-refractivity contribution is 0.0224. The Kier molecular flexibility index (Phi) is 8.38. The zero-order valence-corrected chi connectivity index (χ0v) is 30.2. The number of esters is 1. The lowest BCUT2D eigenvalue weighted by atomic mass is 9.77. The van der Waals surface area contributed by atoms with Crippen LogP contribution in [0.3, 0.4) is 0 Å². The highest BCUT2D eigenvalue weighted by Gasteiger charge is 2.53. The fourth-order valence-electron chi connectivity index (χ4n) is 7.15. The molecular weight excluding hydrogens is 663 g/mol. The highest BCUT2D eigenvalue weighted by molar-refractivity contribution is 7.90. The maximum atomic E-state index is 13.6. The van der Waals surface area contributed by atoms with E-state index in [1.807, 2.05) is 68.4 Å². The SMILES string of the molecule is CCN(CC)c1ccc2c(c1)Oc1cc(C)c(Nc3ccc(C)c(C(=O)NS(=O)(=O)c4ccc(C)cc4)c3C)cc1C21OC(=O)c2ccccc21. The Balaban J connectivity index is 1.30. The van der Waals surface area contributed by atoms with Gasteiger partial charge < -0.3 is 19.7 Å². The minimum Gasteiger partial charge on any atom is -0.456 e. The Morgan fingerprint density at radius 1 is 0.765 bits per heavy atom. The fraction of sp³-hybridized carbons (Fsp3) is 0.220. The van der Waals surface area contributed by atoms with Crippen molar-refractivity contribution in [3.8, 4) is 11.5 Å². The lowest BCUT2D eigenvalue weighted by Gasteiger charge is -2.37. The molecule has 9 nitrogen and oxygen atoms in total. The van der Waals surface area contributed by atoms with E-state index in [1.54, 1.807) is 38.1 Å². The van der Waals surface area contributed by atoms with E-state index >= 15 is 0 Å². The molecule has 1 amide bonds. The highest BCUT2D eigenvalue weighted by Crippen LogP contribution is 2.57. The Morgan fingerprint density at radius 2 is 1.47 bits per heavy atom. The van der Waals surface area contributed by atoms with Gasteiger partial charge in [0.1, 0.15) is 11.5 Å². The number of benzene rings is 5. The number of carbonyl (C=O) groups is 2. The molecule has 5 aromatic rings. The van der Waals surface area contributed by atoms with Gasteiger partial charge in [-0.2, -0.15) is 0 Å². The maximum absolute atomic E-state index is 13.6. The molecule has 7 rings (SSSR count). The number of rotatable bonds is 8. The van der Waals surface area contributed by atoms with Crippen molar-refractivity contribution in [1.82, 2.24) is 4.72 Å². The first-order chi connectivity index (χ1) is 24.4. The van der Waals surface area contributed by atoms with Gasteiger partial charge in [0, 0.05) is 58.5 Å². The molecule has 2 N–H and O–H groups in total. The minimum absolute atomic E-state index is 0.00639. The van der Waals surface area contributed by atoms with Crippen molar-refractivity contribution in [2.24, 2.45) is 0 Å². The Labute approximate surface area is 298 Å². The number of nitrogens with one attached hydrogen (secondary N) is 2. The van der Waals surface area contributed by atoms with E-state index in [2.05, 4.69) is 28.8 Å². The molecule has 0 saturated carbocycles. The first-order valence-corrected chi connectivity index (χ1v) is 18.4. The molecule has 260 valence electrons. The molecular formula is C41H39N3O6S. The van der Waals surface area contributed by atoms with Crippen molar-refractivity contribution in [3.05, 3.63) is 141 Å². The zero-order chi connectivity index (χ0) is 36.2. The molecule has 10 heteroatoms. The van der Waals surface area contributed by atoms with Crippen LogP contribution in [0.5, 0.6) is 11.5 Å². The van der Waals surface area contributed by atoms with Crippen molar-refractivity contribution in [2.75, 3.05) is 23.3 Å². The number of nitrogens with zero attached hydrogens (tertiary/aromatic N) is 1. The van der Waals surface area contributed by atoms with E-state index in [1.165, 1.54) is 12.1 Å². The number of hydrogen-bond donors (Lipinski definition) is 2. The number of carbonyl (C=O) groups excluding carboxylic acids is 2. The smallest absolute Gasteiger partial charge is 0.340 e. The van der Waals surface area contributed by atoms with Gasteiger partial charge in [-0.1, -0.05) is 42.0 Å². The van der Waals surface area contributed by atoms with Crippen molar-refractivity contribution in [2.45, 2.75) is 52.0 Å². The molecule has 2 aliphatic rings. The molecule has 0 saturated heterocycles. The molecule has 0 bridgehead atoms. The standard InChI is InChI=1S/C41H39N3O6S/c1-7-44(8-2)28-16-19-32-37(22-28)49-36-21-26(5)35(23-33(36)41(32)31-12-10-9-11-30(31)40(46)50-41)42-34-20-15-25(4)38(27(34)6)39(45)43-51(47,48)29-17-13-24(3)14-18-29/h9-23,42H,7-8H2,1-6H3,(H,43,45). The van der Waals surface area contributed by atoms with Crippen LogP contribution in [0.1, 0.15) is 73.5 Å². The van der Waals surface area contributed by atoms with E-state index < -0.39 is 27.5 Å². The molecule has 51 heavy (non-hydrogen) atoms. The van der Waals surface area contributed by atoms with Crippen LogP contribution in [-0.4, -0.2) is 33.4 Å². The quantitative estimate of drug-likeness (QED) is 0.156. The predicted octanol–water partition coefficient (Wildman–Crippen LogP) is 8.20. The number of aryl methyl sites for hydroxylation is 3. The average molecular weight is 702 g/mol. The maximum Gasteiger partial charge on any atom is 0.340 e. The van der Waals surface area contributed by atoms with Crippen molar-refractivity contribution in [1.29, 1.82) is 0 Å². The van der Waals surface area contributed by atoms with Gasteiger partial charge >= 0.3 is 5.97 Å². The predicted molar refractivity (Wildman–Crippen MR) is 198 cm³/mol. The van der Waals surface area contributed by atoms with Gasteiger partial charge in [-0.3, -0.25) is 4.79 Å².